The molecule has 0 aliphatic heterocycles. The third-order valence-corrected chi connectivity index (χ3v) is 2.34. The number of pyridine rings is 1. The third kappa shape index (κ3) is 2.72. The Bertz CT molecular complexity index is 529. The van der Waals surface area contributed by atoms with Crippen LogP contribution in [0, 0.1) is 5.95 Å². The first-order chi connectivity index (χ1) is 8.19. The van der Waals surface area contributed by atoms with Gasteiger partial charge >= 0.3 is 0 Å². The van der Waals surface area contributed by atoms with Crippen LogP contribution in [0.25, 0.3) is 0 Å². The van der Waals surface area contributed by atoms with Crippen molar-refractivity contribution in [1.29, 1.82) is 0 Å². The summed E-state index contributed by atoms with van der Waals surface area (Å²) in [5, 5.41) is 9.71. The molecule has 0 atom stereocenters. The normalized spacial score (nSPS) is 10.2. The lowest BCUT2D eigenvalue weighted by Gasteiger charge is -2.07. The number of phenolic OH excluding ortho intramolecular Hbond substituents is 1. The first-order valence-corrected chi connectivity index (χ1v) is 5.31. The molecule has 17 heavy (non-hydrogen) atoms. The summed E-state index contributed by atoms with van der Waals surface area (Å²) in [7, 11) is 0. The Hall–Kier alpha value is -2.10. The Balaban J connectivity index is 2.24. The fourth-order valence-electron chi connectivity index (χ4n) is 1.43. The maximum absolute atomic E-state index is 12.8. The van der Waals surface area contributed by atoms with E-state index >= 15 is 0 Å². The summed E-state index contributed by atoms with van der Waals surface area (Å²) in [5.41, 5.74) is 1.00. The van der Waals surface area contributed by atoms with Gasteiger partial charge in [-0.05, 0) is 30.2 Å². The van der Waals surface area contributed by atoms with Gasteiger partial charge in [-0.2, -0.15) is 9.37 Å². The molecular weight excluding hydrogens is 221 g/mol. The molecule has 0 saturated heterocycles. The maximum atomic E-state index is 12.8. The SMILES string of the molecule is CCc1ccc(Oc2cccc(F)n2)c(O)c1. The maximum Gasteiger partial charge on any atom is 0.222 e. The highest BCUT2D eigenvalue weighted by molar-refractivity contribution is 5.43. The number of nitrogens with zero attached hydrogens (tertiary/aromatic N) is 1. The molecule has 88 valence electrons. The summed E-state index contributed by atoms with van der Waals surface area (Å²) in [4.78, 5) is 3.55. The number of phenols is 1. The van der Waals surface area contributed by atoms with Gasteiger partial charge in [0.05, 0.1) is 0 Å². The summed E-state index contributed by atoms with van der Waals surface area (Å²) in [6.45, 7) is 1.99. The van der Waals surface area contributed by atoms with Crippen molar-refractivity contribution < 1.29 is 14.2 Å². The number of benzene rings is 1. The number of aromatic hydroxyl groups is 1. The molecule has 0 aliphatic carbocycles. The van der Waals surface area contributed by atoms with Gasteiger partial charge in [-0.1, -0.05) is 19.1 Å². The van der Waals surface area contributed by atoms with Gasteiger partial charge in [0.15, 0.2) is 11.5 Å². The minimum absolute atomic E-state index is 0.0235. The van der Waals surface area contributed by atoms with Crippen LogP contribution in [0.5, 0.6) is 17.4 Å². The molecule has 2 rings (SSSR count). The van der Waals surface area contributed by atoms with E-state index in [-0.39, 0.29) is 17.4 Å². The standard InChI is InChI=1S/C13H12FNO2/c1-2-9-6-7-11(10(16)8-9)17-13-5-3-4-12(14)15-13/h3-8,16H,2H2,1H3. The molecule has 0 fully saturated rings. The van der Waals surface area contributed by atoms with Crippen LogP contribution >= 0.6 is 0 Å². The van der Waals surface area contributed by atoms with Gasteiger partial charge in [0.2, 0.25) is 11.8 Å². The number of ether oxygens (including phenoxy) is 1. The fraction of sp³-hybridized carbons (Fsp3) is 0.154. The molecular formula is C13H12FNO2. The predicted molar refractivity (Wildman–Crippen MR) is 61.8 cm³/mol. The van der Waals surface area contributed by atoms with Crippen molar-refractivity contribution in [3.05, 3.63) is 47.9 Å². The lowest BCUT2D eigenvalue weighted by molar-refractivity contribution is 0.396. The van der Waals surface area contributed by atoms with E-state index in [1.165, 1.54) is 18.2 Å². The Morgan fingerprint density at radius 1 is 1.29 bits per heavy atom. The largest absolute Gasteiger partial charge is 0.504 e. The zero-order chi connectivity index (χ0) is 12.3. The number of halogens is 1. The molecule has 0 unspecified atom stereocenters. The second-order valence-electron chi connectivity index (χ2n) is 3.56. The van der Waals surface area contributed by atoms with Crippen LogP contribution in [0.15, 0.2) is 36.4 Å². The average Bonchev–Trinajstić information content (AvgIpc) is 2.32. The van der Waals surface area contributed by atoms with Gasteiger partial charge in [0.25, 0.3) is 0 Å². The highest BCUT2D eigenvalue weighted by Gasteiger charge is 2.06. The van der Waals surface area contributed by atoms with Gasteiger partial charge < -0.3 is 9.84 Å². The Morgan fingerprint density at radius 2 is 2.12 bits per heavy atom. The number of aryl methyl sites for hydroxylation is 1. The quantitative estimate of drug-likeness (QED) is 0.827. The van der Waals surface area contributed by atoms with Crippen molar-refractivity contribution in [2.24, 2.45) is 0 Å². The zero-order valence-electron chi connectivity index (χ0n) is 9.35. The van der Waals surface area contributed by atoms with Gasteiger partial charge in [0, 0.05) is 6.07 Å². The lowest BCUT2D eigenvalue weighted by Crippen LogP contribution is -1.91. The Labute approximate surface area is 98.5 Å². The van der Waals surface area contributed by atoms with Crippen molar-refractivity contribution >= 4 is 0 Å². The number of rotatable bonds is 3. The molecule has 4 heteroatoms. The topological polar surface area (TPSA) is 42.4 Å². The van der Waals surface area contributed by atoms with Crippen LogP contribution in [-0.2, 0) is 6.42 Å². The first kappa shape index (κ1) is 11.4. The fourth-order valence-corrected chi connectivity index (χ4v) is 1.43. The van der Waals surface area contributed by atoms with E-state index in [2.05, 4.69) is 4.98 Å². The molecule has 1 aromatic carbocycles. The van der Waals surface area contributed by atoms with Crippen molar-refractivity contribution in [2.45, 2.75) is 13.3 Å². The zero-order valence-corrected chi connectivity index (χ0v) is 9.35. The van der Waals surface area contributed by atoms with Crippen LogP contribution in [0.4, 0.5) is 4.39 Å². The molecule has 0 aliphatic rings. The van der Waals surface area contributed by atoms with Crippen LogP contribution in [0.2, 0.25) is 0 Å². The predicted octanol–water partition coefficient (Wildman–Crippen LogP) is 3.28. The molecule has 0 spiro atoms. The van der Waals surface area contributed by atoms with Crippen LogP contribution in [-0.4, -0.2) is 10.1 Å². The summed E-state index contributed by atoms with van der Waals surface area (Å²) in [6, 6.07) is 9.35. The van der Waals surface area contributed by atoms with Crippen LogP contribution in [0.3, 0.4) is 0 Å². The molecule has 1 N–H and O–H groups in total. The highest BCUT2D eigenvalue weighted by Crippen LogP contribution is 2.30. The Kier molecular flexibility index (Phi) is 3.23. The van der Waals surface area contributed by atoms with Crippen LogP contribution < -0.4 is 4.74 Å². The molecule has 1 aromatic heterocycles. The van der Waals surface area contributed by atoms with Crippen molar-refractivity contribution in [3.8, 4) is 17.4 Å². The van der Waals surface area contributed by atoms with E-state index in [1.807, 2.05) is 13.0 Å². The Morgan fingerprint density at radius 3 is 2.76 bits per heavy atom. The monoisotopic (exact) mass is 233 g/mol. The van der Waals surface area contributed by atoms with Crippen LogP contribution in [0.1, 0.15) is 12.5 Å². The van der Waals surface area contributed by atoms with Crippen molar-refractivity contribution in [3.63, 3.8) is 0 Å². The van der Waals surface area contributed by atoms with Crippen molar-refractivity contribution in [2.75, 3.05) is 0 Å². The second kappa shape index (κ2) is 4.82. The van der Waals surface area contributed by atoms with Gasteiger partial charge in [0.1, 0.15) is 0 Å². The highest BCUT2D eigenvalue weighted by atomic mass is 19.1. The lowest BCUT2D eigenvalue weighted by atomic mass is 10.1. The smallest absolute Gasteiger partial charge is 0.222 e. The minimum atomic E-state index is -0.618. The number of aromatic nitrogens is 1. The van der Waals surface area contributed by atoms with E-state index in [0.29, 0.717) is 0 Å². The molecule has 2 aromatic rings. The van der Waals surface area contributed by atoms with Gasteiger partial charge in [-0.15, -0.1) is 0 Å². The van der Waals surface area contributed by atoms with E-state index < -0.39 is 5.95 Å². The molecule has 0 saturated carbocycles. The van der Waals surface area contributed by atoms with Gasteiger partial charge in [-0.3, -0.25) is 0 Å². The van der Waals surface area contributed by atoms with E-state index in [9.17, 15) is 9.50 Å². The summed E-state index contributed by atoms with van der Waals surface area (Å²) >= 11 is 0. The summed E-state index contributed by atoms with van der Waals surface area (Å²) < 4.78 is 18.1. The number of hydrogen-bond acceptors (Lipinski definition) is 3. The molecule has 0 bridgehead atoms. The summed E-state index contributed by atoms with van der Waals surface area (Å²) in [5.74, 6) is -0.215. The van der Waals surface area contributed by atoms with Gasteiger partial charge in [-0.25, -0.2) is 0 Å². The minimum Gasteiger partial charge on any atom is -0.504 e. The van der Waals surface area contributed by atoms with Crippen molar-refractivity contribution in [1.82, 2.24) is 4.98 Å². The number of hydrogen-bond donors (Lipinski definition) is 1. The molecule has 3 nitrogen and oxygen atoms in total. The first-order valence-electron chi connectivity index (χ1n) is 5.31. The molecule has 0 amide bonds. The molecule has 0 radical (unpaired) electrons. The second-order valence-corrected chi connectivity index (χ2v) is 3.56. The van der Waals surface area contributed by atoms with E-state index in [4.69, 9.17) is 4.74 Å². The summed E-state index contributed by atoms with van der Waals surface area (Å²) in [6.07, 6.45) is 0.825. The van der Waals surface area contributed by atoms with E-state index in [1.54, 1.807) is 12.1 Å². The molecule has 1 heterocycles. The average molecular weight is 233 g/mol. The third-order valence-electron chi connectivity index (χ3n) is 2.34. The van der Waals surface area contributed by atoms with E-state index in [0.717, 1.165) is 12.0 Å².